The summed E-state index contributed by atoms with van der Waals surface area (Å²) >= 11 is 0. The van der Waals surface area contributed by atoms with Crippen LogP contribution in [0.2, 0.25) is 0 Å². The number of carboxylic acids is 1. The number of aliphatic hydroxyl groups is 1. The normalized spacial score (nSPS) is 36.3. The molecule has 96 valence electrons. The third kappa shape index (κ3) is 2.77. The molecule has 3 N–H and O–H groups in total. The number of carbonyl (C=O) groups excluding carboxylic acids is 1. The molecule has 1 amide bonds. The highest BCUT2D eigenvalue weighted by Gasteiger charge is 2.48. The molecule has 0 aromatic heterocycles. The Bertz CT molecular complexity index is 318. The van der Waals surface area contributed by atoms with Crippen LogP contribution in [0.25, 0.3) is 0 Å². The van der Waals surface area contributed by atoms with Crippen LogP contribution >= 0.6 is 0 Å². The van der Waals surface area contributed by atoms with Gasteiger partial charge in [-0.2, -0.15) is 0 Å². The highest BCUT2D eigenvalue weighted by atomic mass is 16.4. The van der Waals surface area contributed by atoms with E-state index in [2.05, 4.69) is 5.32 Å². The molecular weight excluding hydrogens is 222 g/mol. The van der Waals surface area contributed by atoms with Crippen LogP contribution in [0.3, 0.4) is 0 Å². The van der Waals surface area contributed by atoms with Crippen LogP contribution in [0.15, 0.2) is 0 Å². The first kappa shape index (κ1) is 12.4. The molecule has 0 bridgehead atoms. The Morgan fingerprint density at radius 2 is 1.88 bits per heavy atom. The molecule has 0 heterocycles. The second kappa shape index (κ2) is 5.04. The second-order valence-corrected chi connectivity index (χ2v) is 5.13. The second-order valence-electron chi connectivity index (χ2n) is 5.13. The highest BCUT2D eigenvalue weighted by Crippen LogP contribution is 2.39. The van der Waals surface area contributed by atoms with Crippen molar-refractivity contribution in [3.8, 4) is 0 Å². The van der Waals surface area contributed by atoms with Gasteiger partial charge in [0.05, 0.1) is 11.8 Å². The number of amides is 1. The number of aliphatic hydroxyl groups excluding tert-OH is 1. The Balaban J connectivity index is 1.84. The minimum absolute atomic E-state index is 0.0243. The molecular formula is C12H19NO4. The molecule has 2 fully saturated rings. The van der Waals surface area contributed by atoms with Gasteiger partial charge in [0, 0.05) is 18.6 Å². The quantitative estimate of drug-likeness (QED) is 0.664. The summed E-state index contributed by atoms with van der Waals surface area (Å²) in [7, 11) is 0. The molecule has 2 aliphatic rings. The van der Waals surface area contributed by atoms with Crippen LogP contribution < -0.4 is 5.32 Å². The number of carboxylic acid groups (broad SMARTS) is 1. The predicted octanol–water partition coefficient (Wildman–Crippen LogP) is 0.374. The van der Waals surface area contributed by atoms with Crippen molar-refractivity contribution in [2.75, 3.05) is 6.61 Å². The number of hydrogen-bond donors (Lipinski definition) is 3. The summed E-state index contributed by atoms with van der Waals surface area (Å²) in [4.78, 5) is 22.5. The number of nitrogens with one attached hydrogen (secondary N) is 1. The Hall–Kier alpha value is -1.10. The molecule has 2 saturated carbocycles. The number of rotatable bonds is 4. The summed E-state index contributed by atoms with van der Waals surface area (Å²) in [6.45, 7) is 0.0952. The SMILES string of the molecule is O=C(O)C1CC1C(=O)NC1CCCCC1CO. The van der Waals surface area contributed by atoms with E-state index in [4.69, 9.17) is 5.11 Å². The maximum atomic E-state index is 11.8. The zero-order valence-electron chi connectivity index (χ0n) is 9.76. The first-order chi connectivity index (χ1) is 8.13. The molecule has 0 spiro atoms. The largest absolute Gasteiger partial charge is 0.481 e. The van der Waals surface area contributed by atoms with Crippen molar-refractivity contribution in [1.29, 1.82) is 0 Å². The molecule has 17 heavy (non-hydrogen) atoms. The predicted molar refractivity (Wildman–Crippen MR) is 60.2 cm³/mol. The lowest BCUT2D eigenvalue weighted by molar-refractivity contribution is -0.140. The summed E-state index contributed by atoms with van der Waals surface area (Å²) in [5, 5.41) is 20.9. The van der Waals surface area contributed by atoms with E-state index in [9.17, 15) is 14.7 Å². The van der Waals surface area contributed by atoms with Crippen LogP contribution in [0.4, 0.5) is 0 Å². The van der Waals surface area contributed by atoms with Gasteiger partial charge in [0.1, 0.15) is 0 Å². The zero-order chi connectivity index (χ0) is 12.4. The van der Waals surface area contributed by atoms with Crippen LogP contribution in [-0.2, 0) is 9.59 Å². The lowest BCUT2D eigenvalue weighted by atomic mass is 9.85. The van der Waals surface area contributed by atoms with E-state index in [0.717, 1.165) is 25.7 Å². The van der Waals surface area contributed by atoms with E-state index in [-0.39, 0.29) is 30.4 Å². The van der Waals surface area contributed by atoms with E-state index in [1.165, 1.54) is 0 Å². The molecule has 5 nitrogen and oxygen atoms in total. The number of aliphatic carboxylic acids is 1. The van der Waals surface area contributed by atoms with Crippen molar-refractivity contribution < 1.29 is 19.8 Å². The first-order valence-corrected chi connectivity index (χ1v) is 6.27. The smallest absolute Gasteiger partial charge is 0.307 e. The van der Waals surface area contributed by atoms with Crippen molar-refractivity contribution in [3.05, 3.63) is 0 Å². The Morgan fingerprint density at radius 3 is 2.47 bits per heavy atom. The molecule has 5 heteroatoms. The third-order valence-corrected chi connectivity index (χ3v) is 3.92. The van der Waals surface area contributed by atoms with Crippen molar-refractivity contribution in [2.45, 2.75) is 38.1 Å². The third-order valence-electron chi connectivity index (χ3n) is 3.92. The van der Waals surface area contributed by atoms with Gasteiger partial charge in [0.25, 0.3) is 0 Å². The van der Waals surface area contributed by atoms with E-state index in [1.807, 2.05) is 0 Å². The Labute approximate surface area is 100 Å². The summed E-state index contributed by atoms with van der Waals surface area (Å²) < 4.78 is 0. The van der Waals surface area contributed by atoms with Crippen molar-refractivity contribution in [2.24, 2.45) is 17.8 Å². The molecule has 0 aliphatic heterocycles. The summed E-state index contributed by atoms with van der Waals surface area (Å²) in [6, 6.07) is 0.0243. The molecule has 0 radical (unpaired) electrons. The standard InChI is InChI=1S/C12H19NO4/c14-6-7-3-1-2-4-10(7)13-11(15)8-5-9(8)12(16)17/h7-10,14H,1-6H2,(H,13,15)(H,16,17). The van der Waals surface area contributed by atoms with E-state index in [1.54, 1.807) is 0 Å². The van der Waals surface area contributed by atoms with Gasteiger partial charge in [-0.25, -0.2) is 0 Å². The zero-order valence-corrected chi connectivity index (χ0v) is 9.76. The van der Waals surface area contributed by atoms with Crippen LogP contribution in [0.1, 0.15) is 32.1 Å². The van der Waals surface area contributed by atoms with Gasteiger partial charge in [-0.3, -0.25) is 9.59 Å². The van der Waals surface area contributed by atoms with E-state index < -0.39 is 11.9 Å². The summed E-state index contributed by atoms with van der Waals surface area (Å²) in [5.41, 5.74) is 0. The van der Waals surface area contributed by atoms with Crippen molar-refractivity contribution >= 4 is 11.9 Å². The van der Waals surface area contributed by atoms with Crippen molar-refractivity contribution in [3.63, 3.8) is 0 Å². The number of hydrogen-bond acceptors (Lipinski definition) is 3. The highest BCUT2D eigenvalue weighted by molar-refractivity contribution is 5.89. The molecule has 4 unspecified atom stereocenters. The van der Waals surface area contributed by atoms with Crippen LogP contribution in [0.5, 0.6) is 0 Å². The topological polar surface area (TPSA) is 86.6 Å². The monoisotopic (exact) mass is 241 g/mol. The average Bonchev–Trinajstić information content (AvgIpc) is 3.09. The van der Waals surface area contributed by atoms with Gasteiger partial charge in [0.15, 0.2) is 0 Å². The fraction of sp³-hybridized carbons (Fsp3) is 0.833. The van der Waals surface area contributed by atoms with Gasteiger partial charge in [-0.1, -0.05) is 12.8 Å². The van der Waals surface area contributed by atoms with Crippen LogP contribution in [0, 0.1) is 17.8 Å². The van der Waals surface area contributed by atoms with Gasteiger partial charge in [0.2, 0.25) is 5.91 Å². The van der Waals surface area contributed by atoms with Gasteiger partial charge in [-0.05, 0) is 19.3 Å². The molecule has 0 aromatic rings. The van der Waals surface area contributed by atoms with Gasteiger partial charge >= 0.3 is 5.97 Å². The van der Waals surface area contributed by atoms with Crippen LogP contribution in [-0.4, -0.2) is 34.7 Å². The fourth-order valence-corrected chi connectivity index (χ4v) is 2.66. The molecule has 2 rings (SSSR count). The van der Waals surface area contributed by atoms with Gasteiger partial charge < -0.3 is 15.5 Å². The summed E-state index contributed by atoms with van der Waals surface area (Å²) in [5.74, 6) is -1.75. The fourth-order valence-electron chi connectivity index (χ4n) is 2.66. The maximum absolute atomic E-state index is 11.8. The Morgan fingerprint density at radius 1 is 1.18 bits per heavy atom. The van der Waals surface area contributed by atoms with Crippen molar-refractivity contribution in [1.82, 2.24) is 5.32 Å². The number of carbonyl (C=O) groups is 2. The lowest BCUT2D eigenvalue weighted by Gasteiger charge is -2.30. The first-order valence-electron chi connectivity index (χ1n) is 6.27. The molecule has 4 atom stereocenters. The Kier molecular flexibility index (Phi) is 3.66. The molecule has 0 saturated heterocycles. The summed E-state index contributed by atoms with van der Waals surface area (Å²) in [6.07, 6.45) is 4.45. The molecule has 0 aromatic carbocycles. The molecule has 2 aliphatic carbocycles. The minimum atomic E-state index is -0.882. The minimum Gasteiger partial charge on any atom is -0.481 e. The van der Waals surface area contributed by atoms with E-state index >= 15 is 0 Å². The lowest BCUT2D eigenvalue weighted by Crippen LogP contribution is -2.44. The van der Waals surface area contributed by atoms with Gasteiger partial charge in [-0.15, -0.1) is 0 Å². The van der Waals surface area contributed by atoms with E-state index in [0.29, 0.717) is 6.42 Å². The maximum Gasteiger partial charge on any atom is 0.307 e. The average molecular weight is 241 g/mol.